The molecule has 0 spiro atoms. The molecule has 19 heavy (non-hydrogen) atoms. The number of benzene rings is 2. The highest BCUT2D eigenvalue weighted by Crippen LogP contribution is 2.23. The van der Waals surface area contributed by atoms with Crippen molar-refractivity contribution in [1.29, 1.82) is 0 Å². The monoisotopic (exact) mass is 317 g/mol. The second-order valence-electron chi connectivity index (χ2n) is 4.45. The van der Waals surface area contributed by atoms with Crippen LogP contribution in [0.5, 0.6) is 0 Å². The molecule has 0 bridgehead atoms. The Morgan fingerprint density at radius 1 is 1.11 bits per heavy atom. The summed E-state index contributed by atoms with van der Waals surface area (Å²) in [5.41, 5.74) is 4.39. The van der Waals surface area contributed by atoms with E-state index < -0.39 is 0 Å². The Kier molecular flexibility index (Phi) is 4.74. The summed E-state index contributed by atoms with van der Waals surface area (Å²) in [5.74, 6) is -0.0244. The third-order valence-electron chi connectivity index (χ3n) is 2.98. The summed E-state index contributed by atoms with van der Waals surface area (Å²) < 4.78 is 0. The zero-order valence-corrected chi connectivity index (χ0v) is 12.4. The van der Waals surface area contributed by atoms with E-state index in [9.17, 15) is 4.79 Å². The summed E-state index contributed by atoms with van der Waals surface area (Å²) >= 11 is 3.18. The standard InChI is InChI=1S/C16H16BrNO/c1-12-6-5-9-14(16(12)18-15(19)11-17)10-13-7-3-2-4-8-13/h2-9H,10-11H2,1H3,(H,18,19). The fraction of sp³-hybridized carbons (Fsp3) is 0.188. The van der Waals surface area contributed by atoms with Crippen molar-refractivity contribution in [3.8, 4) is 0 Å². The molecule has 0 radical (unpaired) electrons. The van der Waals surface area contributed by atoms with Crippen LogP contribution >= 0.6 is 15.9 Å². The Morgan fingerprint density at radius 3 is 2.53 bits per heavy atom. The van der Waals surface area contributed by atoms with E-state index in [4.69, 9.17) is 0 Å². The van der Waals surface area contributed by atoms with Crippen molar-refractivity contribution < 1.29 is 4.79 Å². The Bertz CT molecular complexity index is 566. The predicted octanol–water partition coefficient (Wildman–Crippen LogP) is 3.92. The summed E-state index contributed by atoms with van der Waals surface area (Å²) in [6, 6.07) is 16.4. The number of hydrogen-bond acceptors (Lipinski definition) is 1. The smallest absolute Gasteiger partial charge is 0.235 e. The third-order valence-corrected chi connectivity index (χ3v) is 3.49. The lowest BCUT2D eigenvalue weighted by Crippen LogP contribution is -2.15. The molecule has 3 heteroatoms. The molecule has 0 aliphatic rings. The van der Waals surface area contributed by atoms with Crippen LogP contribution in [0.3, 0.4) is 0 Å². The molecule has 2 aromatic rings. The Labute approximate surface area is 122 Å². The van der Waals surface area contributed by atoms with E-state index in [0.29, 0.717) is 5.33 Å². The quantitative estimate of drug-likeness (QED) is 0.851. The van der Waals surface area contributed by atoms with Gasteiger partial charge in [-0.3, -0.25) is 4.79 Å². The minimum atomic E-state index is -0.0244. The van der Waals surface area contributed by atoms with Crippen molar-refractivity contribution in [3.05, 3.63) is 65.2 Å². The predicted molar refractivity (Wildman–Crippen MR) is 82.9 cm³/mol. The fourth-order valence-electron chi connectivity index (χ4n) is 2.04. The number of alkyl halides is 1. The van der Waals surface area contributed by atoms with Crippen LogP contribution in [0.4, 0.5) is 5.69 Å². The summed E-state index contributed by atoms with van der Waals surface area (Å²) in [6.45, 7) is 2.01. The van der Waals surface area contributed by atoms with Gasteiger partial charge in [0.2, 0.25) is 5.91 Å². The van der Waals surface area contributed by atoms with Crippen LogP contribution < -0.4 is 5.32 Å². The molecule has 0 fully saturated rings. The summed E-state index contributed by atoms with van der Waals surface area (Å²) in [6.07, 6.45) is 0.820. The topological polar surface area (TPSA) is 29.1 Å². The van der Waals surface area contributed by atoms with E-state index >= 15 is 0 Å². The Morgan fingerprint density at radius 2 is 1.84 bits per heavy atom. The highest BCUT2D eigenvalue weighted by Gasteiger charge is 2.09. The summed E-state index contributed by atoms with van der Waals surface area (Å²) in [4.78, 5) is 11.6. The number of aryl methyl sites for hydroxylation is 1. The zero-order chi connectivity index (χ0) is 13.7. The maximum absolute atomic E-state index is 11.6. The molecule has 1 amide bonds. The normalized spacial score (nSPS) is 10.2. The zero-order valence-electron chi connectivity index (χ0n) is 10.8. The molecule has 0 aliphatic heterocycles. The summed E-state index contributed by atoms with van der Waals surface area (Å²) in [7, 11) is 0. The second kappa shape index (κ2) is 6.53. The molecule has 0 heterocycles. The van der Waals surface area contributed by atoms with Crippen molar-refractivity contribution >= 4 is 27.5 Å². The fourth-order valence-corrected chi connectivity index (χ4v) is 2.18. The van der Waals surface area contributed by atoms with Crippen LogP contribution in [0.2, 0.25) is 0 Å². The van der Waals surface area contributed by atoms with Crippen molar-refractivity contribution in [2.75, 3.05) is 10.6 Å². The van der Waals surface area contributed by atoms with Gasteiger partial charge in [0.1, 0.15) is 0 Å². The molecule has 0 aliphatic carbocycles. The Balaban J connectivity index is 2.29. The second-order valence-corrected chi connectivity index (χ2v) is 5.01. The number of para-hydroxylation sites is 1. The van der Waals surface area contributed by atoms with Gasteiger partial charge in [-0.05, 0) is 30.0 Å². The van der Waals surface area contributed by atoms with E-state index in [1.165, 1.54) is 5.56 Å². The van der Waals surface area contributed by atoms with Gasteiger partial charge >= 0.3 is 0 Å². The number of anilines is 1. The van der Waals surface area contributed by atoms with Gasteiger partial charge in [-0.2, -0.15) is 0 Å². The average Bonchev–Trinajstić information content (AvgIpc) is 2.43. The van der Waals surface area contributed by atoms with Crippen LogP contribution in [-0.2, 0) is 11.2 Å². The van der Waals surface area contributed by atoms with Gasteiger partial charge in [0.15, 0.2) is 0 Å². The van der Waals surface area contributed by atoms with Gasteiger partial charge in [-0.15, -0.1) is 0 Å². The van der Waals surface area contributed by atoms with E-state index in [-0.39, 0.29) is 5.91 Å². The molecule has 2 aromatic carbocycles. The number of nitrogens with one attached hydrogen (secondary N) is 1. The van der Waals surface area contributed by atoms with Crippen molar-refractivity contribution in [1.82, 2.24) is 0 Å². The lowest BCUT2D eigenvalue weighted by atomic mass is 10.0. The first-order valence-electron chi connectivity index (χ1n) is 6.19. The van der Waals surface area contributed by atoms with E-state index in [1.54, 1.807) is 0 Å². The largest absolute Gasteiger partial charge is 0.325 e. The number of rotatable bonds is 4. The molecule has 0 atom stereocenters. The van der Waals surface area contributed by atoms with E-state index in [2.05, 4.69) is 39.4 Å². The van der Waals surface area contributed by atoms with Gasteiger partial charge in [-0.25, -0.2) is 0 Å². The minimum Gasteiger partial charge on any atom is -0.325 e. The van der Waals surface area contributed by atoms with Crippen LogP contribution in [0.1, 0.15) is 16.7 Å². The maximum Gasteiger partial charge on any atom is 0.235 e. The molecule has 1 N–H and O–H groups in total. The molecule has 2 nitrogen and oxygen atoms in total. The molecular weight excluding hydrogens is 302 g/mol. The number of carbonyl (C=O) groups excluding carboxylic acids is 1. The third kappa shape index (κ3) is 3.67. The average molecular weight is 318 g/mol. The van der Waals surface area contributed by atoms with Gasteiger partial charge in [0.05, 0.1) is 5.33 Å². The first kappa shape index (κ1) is 13.8. The van der Waals surface area contributed by atoms with Crippen LogP contribution in [0.25, 0.3) is 0 Å². The molecule has 0 saturated heterocycles. The molecule has 0 saturated carbocycles. The molecule has 0 aromatic heterocycles. The van der Waals surface area contributed by atoms with Gasteiger partial charge in [0.25, 0.3) is 0 Å². The lowest BCUT2D eigenvalue weighted by molar-refractivity contribution is -0.113. The first-order chi connectivity index (χ1) is 9.20. The molecule has 2 rings (SSSR count). The van der Waals surface area contributed by atoms with Crippen LogP contribution in [0, 0.1) is 6.92 Å². The highest BCUT2D eigenvalue weighted by atomic mass is 79.9. The molecule has 98 valence electrons. The number of halogens is 1. The van der Waals surface area contributed by atoms with E-state index in [1.807, 2.05) is 37.3 Å². The van der Waals surface area contributed by atoms with E-state index in [0.717, 1.165) is 23.2 Å². The SMILES string of the molecule is Cc1cccc(Cc2ccccc2)c1NC(=O)CBr. The first-order valence-corrected chi connectivity index (χ1v) is 7.31. The Hall–Kier alpha value is -1.61. The lowest BCUT2D eigenvalue weighted by Gasteiger charge is -2.13. The minimum absolute atomic E-state index is 0.0244. The maximum atomic E-state index is 11.6. The van der Waals surface area contributed by atoms with Gasteiger partial charge in [-0.1, -0.05) is 64.5 Å². The number of hydrogen-bond donors (Lipinski definition) is 1. The van der Waals surface area contributed by atoms with Crippen LogP contribution in [-0.4, -0.2) is 11.2 Å². The highest BCUT2D eigenvalue weighted by molar-refractivity contribution is 9.09. The van der Waals surface area contributed by atoms with Crippen molar-refractivity contribution in [3.63, 3.8) is 0 Å². The molecular formula is C16H16BrNO. The molecule has 0 unspecified atom stereocenters. The van der Waals surface area contributed by atoms with Crippen LogP contribution in [0.15, 0.2) is 48.5 Å². The van der Waals surface area contributed by atoms with Crippen molar-refractivity contribution in [2.45, 2.75) is 13.3 Å². The van der Waals surface area contributed by atoms with Gasteiger partial charge < -0.3 is 5.32 Å². The van der Waals surface area contributed by atoms with Gasteiger partial charge in [0, 0.05) is 5.69 Å². The van der Waals surface area contributed by atoms with Crippen molar-refractivity contribution in [2.24, 2.45) is 0 Å². The summed E-state index contributed by atoms with van der Waals surface area (Å²) in [5, 5.41) is 3.27. The number of carbonyl (C=O) groups is 1. The number of amides is 1.